The van der Waals surface area contributed by atoms with Crippen LogP contribution >= 0.6 is 0 Å². The van der Waals surface area contributed by atoms with Crippen LogP contribution in [-0.2, 0) is 14.3 Å². The first-order chi connectivity index (χ1) is 7.97. The standard InChI is InChI=1S/C9H16N2O6/c1-17-3-2-10-9(16)11-5-6(8(14)15)4-7(12)13/h6H,2-5H2,1H3,(H,12,13)(H,14,15)(H2,10,11,16). The molecule has 1 unspecified atom stereocenters. The molecule has 0 rings (SSSR count). The highest BCUT2D eigenvalue weighted by Gasteiger charge is 2.21. The lowest BCUT2D eigenvalue weighted by Crippen LogP contribution is -2.41. The summed E-state index contributed by atoms with van der Waals surface area (Å²) in [4.78, 5) is 32.1. The maximum Gasteiger partial charge on any atom is 0.314 e. The number of rotatable bonds is 8. The number of hydrogen-bond acceptors (Lipinski definition) is 4. The molecule has 0 bridgehead atoms. The highest BCUT2D eigenvalue weighted by atomic mass is 16.5. The van der Waals surface area contributed by atoms with Gasteiger partial charge in [0.1, 0.15) is 0 Å². The van der Waals surface area contributed by atoms with Crippen LogP contribution in [0.25, 0.3) is 0 Å². The number of carboxylic acid groups (broad SMARTS) is 2. The maximum absolute atomic E-state index is 11.1. The first-order valence-electron chi connectivity index (χ1n) is 4.92. The van der Waals surface area contributed by atoms with E-state index in [1.807, 2.05) is 0 Å². The van der Waals surface area contributed by atoms with E-state index in [1.165, 1.54) is 7.11 Å². The van der Waals surface area contributed by atoms with Crippen LogP contribution in [0.4, 0.5) is 4.79 Å². The van der Waals surface area contributed by atoms with E-state index >= 15 is 0 Å². The first-order valence-corrected chi connectivity index (χ1v) is 4.92. The normalized spacial score (nSPS) is 11.6. The van der Waals surface area contributed by atoms with Crippen molar-refractivity contribution in [3.8, 4) is 0 Å². The second-order valence-electron chi connectivity index (χ2n) is 3.26. The number of carbonyl (C=O) groups excluding carboxylic acids is 1. The van der Waals surface area contributed by atoms with Gasteiger partial charge in [0, 0.05) is 20.2 Å². The summed E-state index contributed by atoms with van der Waals surface area (Å²) in [5, 5.41) is 21.9. The largest absolute Gasteiger partial charge is 0.481 e. The van der Waals surface area contributed by atoms with Gasteiger partial charge in [0.05, 0.1) is 18.9 Å². The molecule has 8 heteroatoms. The van der Waals surface area contributed by atoms with Gasteiger partial charge in [-0.1, -0.05) is 0 Å². The summed E-state index contributed by atoms with van der Waals surface area (Å²) in [6, 6.07) is -0.557. The predicted molar refractivity (Wildman–Crippen MR) is 56.7 cm³/mol. The van der Waals surface area contributed by atoms with Crippen LogP contribution in [0, 0.1) is 5.92 Å². The number of methoxy groups -OCH3 is 1. The summed E-state index contributed by atoms with van der Waals surface area (Å²) < 4.78 is 4.69. The molecule has 0 saturated heterocycles. The minimum absolute atomic E-state index is 0.236. The predicted octanol–water partition coefficient (Wildman–Crippen LogP) is -0.892. The molecule has 1 atom stereocenters. The fourth-order valence-electron chi connectivity index (χ4n) is 1.00. The van der Waals surface area contributed by atoms with Gasteiger partial charge in [-0.25, -0.2) is 4.79 Å². The summed E-state index contributed by atoms with van der Waals surface area (Å²) in [7, 11) is 1.48. The second-order valence-corrected chi connectivity index (χ2v) is 3.26. The van der Waals surface area contributed by atoms with Gasteiger partial charge in [-0.15, -0.1) is 0 Å². The molecule has 8 nitrogen and oxygen atoms in total. The van der Waals surface area contributed by atoms with Gasteiger partial charge in [-0.3, -0.25) is 9.59 Å². The number of urea groups is 1. The number of nitrogens with one attached hydrogen (secondary N) is 2. The molecule has 0 aromatic carbocycles. The molecule has 98 valence electrons. The zero-order chi connectivity index (χ0) is 13.3. The van der Waals surface area contributed by atoms with Gasteiger partial charge in [0.15, 0.2) is 0 Å². The van der Waals surface area contributed by atoms with Crippen LogP contribution in [0.2, 0.25) is 0 Å². The van der Waals surface area contributed by atoms with Gasteiger partial charge >= 0.3 is 18.0 Å². The van der Waals surface area contributed by atoms with Crippen molar-refractivity contribution in [2.24, 2.45) is 5.92 Å². The molecule has 0 heterocycles. The van der Waals surface area contributed by atoms with Crippen molar-refractivity contribution in [2.75, 3.05) is 26.8 Å². The summed E-state index contributed by atoms with van der Waals surface area (Å²) in [5.74, 6) is -3.62. The summed E-state index contributed by atoms with van der Waals surface area (Å²) in [6.45, 7) is 0.393. The molecule has 0 saturated carbocycles. The Bertz CT molecular complexity index is 281. The van der Waals surface area contributed by atoms with Crippen LogP contribution < -0.4 is 10.6 Å². The third-order valence-corrected chi connectivity index (χ3v) is 1.87. The summed E-state index contributed by atoms with van der Waals surface area (Å²) >= 11 is 0. The molecule has 0 aliphatic heterocycles. The van der Waals surface area contributed by atoms with Crippen molar-refractivity contribution >= 4 is 18.0 Å². The van der Waals surface area contributed by atoms with E-state index in [9.17, 15) is 14.4 Å². The smallest absolute Gasteiger partial charge is 0.314 e. The summed E-state index contributed by atoms with van der Waals surface area (Å²) in [5.41, 5.74) is 0. The van der Waals surface area contributed by atoms with Crippen molar-refractivity contribution in [1.82, 2.24) is 10.6 Å². The maximum atomic E-state index is 11.1. The molecule has 0 spiro atoms. The highest BCUT2D eigenvalue weighted by Crippen LogP contribution is 2.01. The number of carboxylic acids is 2. The van der Waals surface area contributed by atoms with Gasteiger partial charge in [-0.05, 0) is 0 Å². The van der Waals surface area contributed by atoms with Gasteiger partial charge in [-0.2, -0.15) is 0 Å². The van der Waals surface area contributed by atoms with Gasteiger partial charge in [0.25, 0.3) is 0 Å². The van der Waals surface area contributed by atoms with Crippen LogP contribution in [-0.4, -0.2) is 55.0 Å². The number of amides is 2. The monoisotopic (exact) mass is 248 g/mol. The van der Waals surface area contributed by atoms with Crippen LogP contribution in [0.3, 0.4) is 0 Å². The van der Waals surface area contributed by atoms with E-state index in [2.05, 4.69) is 10.6 Å². The van der Waals surface area contributed by atoms with Crippen molar-refractivity contribution in [3.05, 3.63) is 0 Å². The van der Waals surface area contributed by atoms with Crippen LogP contribution in [0.15, 0.2) is 0 Å². The van der Waals surface area contributed by atoms with E-state index in [1.54, 1.807) is 0 Å². The number of aliphatic carboxylic acids is 2. The molecule has 0 aromatic heterocycles. The van der Waals surface area contributed by atoms with Gasteiger partial charge in [0.2, 0.25) is 0 Å². The lowest BCUT2D eigenvalue weighted by atomic mass is 10.1. The molecule has 0 fully saturated rings. The molecule has 0 aliphatic rings. The average Bonchev–Trinajstić information content (AvgIpc) is 2.23. The van der Waals surface area contributed by atoms with Crippen LogP contribution in [0.1, 0.15) is 6.42 Å². The summed E-state index contributed by atoms with van der Waals surface area (Å²) in [6.07, 6.45) is -0.534. The van der Waals surface area contributed by atoms with Crippen molar-refractivity contribution < 1.29 is 29.3 Å². The molecular weight excluding hydrogens is 232 g/mol. The Morgan fingerprint density at radius 2 is 1.88 bits per heavy atom. The van der Waals surface area contributed by atoms with E-state index in [-0.39, 0.29) is 6.54 Å². The number of ether oxygens (including phenoxy) is 1. The zero-order valence-electron chi connectivity index (χ0n) is 9.43. The number of hydrogen-bond donors (Lipinski definition) is 4. The molecule has 0 aliphatic carbocycles. The molecule has 17 heavy (non-hydrogen) atoms. The fourth-order valence-corrected chi connectivity index (χ4v) is 1.00. The van der Waals surface area contributed by atoms with Gasteiger partial charge < -0.3 is 25.6 Å². The molecule has 0 aromatic rings. The topological polar surface area (TPSA) is 125 Å². The Kier molecular flexibility index (Phi) is 7.44. The quantitative estimate of drug-likeness (QED) is 0.413. The Morgan fingerprint density at radius 3 is 2.35 bits per heavy atom. The third kappa shape index (κ3) is 8.03. The van der Waals surface area contributed by atoms with Crippen molar-refractivity contribution in [3.63, 3.8) is 0 Å². The Morgan fingerprint density at radius 1 is 1.24 bits per heavy atom. The highest BCUT2D eigenvalue weighted by molar-refractivity contribution is 5.79. The Balaban J connectivity index is 3.91. The third-order valence-electron chi connectivity index (χ3n) is 1.87. The molecule has 4 N–H and O–H groups in total. The lowest BCUT2D eigenvalue weighted by molar-refractivity contribution is -0.148. The first kappa shape index (κ1) is 15.2. The van der Waals surface area contributed by atoms with E-state index in [0.29, 0.717) is 13.2 Å². The second kappa shape index (κ2) is 8.34. The minimum atomic E-state index is -1.26. The van der Waals surface area contributed by atoms with E-state index in [0.717, 1.165) is 0 Å². The minimum Gasteiger partial charge on any atom is -0.481 e. The van der Waals surface area contributed by atoms with Crippen molar-refractivity contribution in [2.45, 2.75) is 6.42 Å². The number of carbonyl (C=O) groups is 3. The van der Waals surface area contributed by atoms with E-state index in [4.69, 9.17) is 14.9 Å². The SMILES string of the molecule is COCCNC(=O)NCC(CC(=O)O)C(=O)O. The Hall–Kier alpha value is -1.83. The molecule has 2 amide bonds. The average molecular weight is 248 g/mol. The zero-order valence-corrected chi connectivity index (χ0v) is 9.43. The Labute approximate surface area is 97.9 Å². The molecular formula is C9H16N2O6. The lowest BCUT2D eigenvalue weighted by Gasteiger charge is -2.11. The van der Waals surface area contributed by atoms with E-state index < -0.39 is 30.3 Å². The molecule has 0 radical (unpaired) electrons. The fraction of sp³-hybridized carbons (Fsp3) is 0.667. The van der Waals surface area contributed by atoms with Crippen LogP contribution in [0.5, 0.6) is 0 Å². The van der Waals surface area contributed by atoms with Crippen molar-refractivity contribution in [1.29, 1.82) is 0 Å².